The zero-order valence-electron chi connectivity index (χ0n) is 16.4. The van der Waals surface area contributed by atoms with Crippen LogP contribution in [0.3, 0.4) is 0 Å². The van der Waals surface area contributed by atoms with Crippen molar-refractivity contribution in [1.29, 1.82) is 0 Å². The van der Waals surface area contributed by atoms with Gasteiger partial charge < -0.3 is 14.5 Å². The summed E-state index contributed by atoms with van der Waals surface area (Å²) in [5, 5.41) is 0. The van der Waals surface area contributed by atoms with Crippen LogP contribution in [0.15, 0.2) is 30.3 Å². The average molecular weight is 384 g/mol. The molecule has 6 heteroatoms. The van der Waals surface area contributed by atoms with Gasteiger partial charge in [0.15, 0.2) is 0 Å². The molecule has 0 bridgehead atoms. The van der Waals surface area contributed by atoms with Gasteiger partial charge in [-0.25, -0.2) is 4.79 Å². The van der Waals surface area contributed by atoms with Crippen molar-refractivity contribution in [2.45, 2.75) is 32.1 Å². The van der Waals surface area contributed by atoms with Crippen LogP contribution >= 0.6 is 0 Å². The standard InChI is InChI=1S/C22H28N2O4/c1-28-22(27)19-10-7-17(8-11-19)9-12-20(25)23-13-15-24(16-14-23)21(26)18-5-3-2-4-6-18/h7-12,18H,2-6,13-16H2,1H3/b12-9+. The molecule has 1 saturated heterocycles. The van der Waals surface area contributed by atoms with Crippen LogP contribution in [0.2, 0.25) is 0 Å². The van der Waals surface area contributed by atoms with Gasteiger partial charge >= 0.3 is 5.97 Å². The Bertz CT molecular complexity index is 727. The maximum Gasteiger partial charge on any atom is 0.337 e. The van der Waals surface area contributed by atoms with Gasteiger partial charge in [-0.1, -0.05) is 31.4 Å². The Morgan fingerprint density at radius 1 is 0.929 bits per heavy atom. The second-order valence-electron chi connectivity index (χ2n) is 7.43. The molecule has 2 aliphatic rings. The number of carbonyl (C=O) groups excluding carboxylic acids is 3. The molecule has 2 fully saturated rings. The molecule has 1 aliphatic heterocycles. The van der Waals surface area contributed by atoms with Gasteiger partial charge in [-0.3, -0.25) is 9.59 Å². The van der Waals surface area contributed by atoms with Gasteiger partial charge in [0.1, 0.15) is 0 Å². The minimum Gasteiger partial charge on any atom is -0.465 e. The normalized spacial score (nSPS) is 18.3. The molecule has 2 amide bonds. The lowest BCUT2D eigenvalue weighted by Gasteiger charge is -2.36. The highest BCUT2D eigenvalue weighted by molar-refractivity contribution is 5.92. The van der Waals surface area contributed by atoms with Crippen LogP contribution in [0.1, 0.15) is 48.0 Å². The van der Waals surface area contributed by atoms with Crippen LogP contribution in [0, 0.1) is 5.92 Å². The fraction of sp³-hybridized carbons (Fsp3) is 0.500. The summed E-state index contributed by atoms with van der Waals surface area (Å²) in [6.07, 6.45) is 8.85. The SMILES string of the molecule is COC(=O)c1ccc(/C=C/C(=O)N2CCN(C(=O)C3CCCCC3)CC2)cc1. The largest absolute Gasteiger partial charge is 0.465 e. The van der Waals surface area contributed by atoms with E-state index in [0.29, 0.717) is 31.7 Å². The molecule has 1 aromatic carbocycles. The molecule has 0 unspecified atom stereocenters. The monoisotopic (exact) mass is 384 g/mol. The van der Waals surface area contributed by atoms with Gasteiger partial charge in [0.2, 0.25) is 11.8 Å². The lowest BCUT2D eigenvalue weighted by Crippen LogP contribution is -2.51. The molecule has 3 rings (SSSR count). The topological polar surface area (TPSA) is 66.9 Å². The Hall–Kier alpha value is -2.63. The predicted molar refractivity (Wildman–Crippen MR) is 107 cm³/mol. The second-order valence-corrected chi connectivity index (χ2v) is 7.43. The van der Waals surface area contributed by atoms with Gasteiger partial charge in [-0.05, 0) is 36.6 Å². The van der Waals surface area contributed by atoms with E-state index >= 15 is 0 Å². The number of piperazine rings is 1. The van der Waals surface area contributed by atoms with Crippen molar-refractivity contribution in [2.75, 3.05) is 33.3 Å². The van der Waals surface area contributed by atoms with Crippen LogP contribution in [0.4, 0.5) is 0 Å². The number of benzene rings is 1. The van der Waals surface area contributed by atoms with Crippen molar-refractivity contribution in [3.63, 3.8) is 0 Å². The number of nitrogens with zero attached hydrogens (tertiary/aromatic N) is 2. The Balaban J connectivity index is 1.48. The van der Waals surface area contributed by atoms with Crippen LogP contribution < -0.4 is 0 Å². The van der Waals surface area contributed by atoms with E-state index in [0.717, 1.165) is 31.2 Å². The molecule has 0 spiro atoms. The van der Waals surface area contributed by atoms with E-state index in [1.807, 2.05) is 4.90 Å². The Morgan fingerprint density at radius 3 is 2.14 bits per heavy atom. The summed E-state index contributed by atoms with van der Waals surface area (Å²) in [5.41, 5.74) is 1.32. The third-order valence-corrected chi connectivity index (χ3v) is 5.61. The third kappa shape index (κ3) is 5.00. The maximum atomic E-state index is 12.6. The summed E-state index contributed by atoms with van der Waals surface area (Å²) in [4.78, 5) is 40.2. The zero-order chi connectivity index (χ0) is 19.9. The van der Waals surface area contributed by atoms with Gasteiger partial charge in [-0.15, -0.1) is 0 Å². The number of hydrogen-bond acceptors (Lipinski definition) is 4. The molecular weight excluding hydrogens is 356 g/mol. The van der Waals surface area contributed by atoms with Crippen molar-refractivity contribution in [3.05, 3.63) is 41.5 Å². The Kier molecular flexibility index (Phi) is 6.85. The minimum atomic E-state index is -0.382. The minimum absolute atomic E-state index is 0.0539. The van der Waals surface area contributed by atoms with E-state index in [4.69, 9.17) is 0 Å². The quantitative estimate of drug-likeness (QED) is 0.591. The first-order valence-corrected chi connectivity index (χ1v) is 10.0. The number of ether oxygens (including phenoxy) is 1. The number of carbonyl (C=O) groups is 3. The van der Waals surface area contributed by atoms with Crippen molar-refractivity contribution >= 4 is 23.9 Å². The molecule has 0 radical (unpaired) electrons. The average Bonchev–Trinajstić information content (AvgIpc) is 2.77. The summed E-state index contributed by atoms with van der Waals surface area (Å²) >= 11 is 0. The van der Waals surface area contributed by atoms with Gasteiger partial charge in [0.25, 0.3) is 0 Å². The van der Waals surface area contributed by atoms with Gasteiger partial charge in [-0.2, -0.15) is 0 Å². The molecule has 6 nitrogen and oxygen atoms in total. The third-order valence-electron chi connectivity index (χ3n) is 5.61. The molecule has 1 saturated carbocycles. The molecular formula is C22H28N2O4. The van der Waals surface area contributed by atoms with E-state index in [9.17, 15) is 14.4 Å². The van der Waals surface area contributed by atoms with Gasteiger partial charge in [0, 0.05) is 38.2 Å². The molecule has 0 N–H and O–H groups in total. The molecule has 28 heavy (non-hydrogen) atoms. The van der Waals surface area contributed by atoms with E-state index in [2.05, 4.69) is 4.74 Å². The summed E-state index contributed by atoms with van der Waals surface area (Å²) < 4.78 is 4.67. The van der Waals surface area contributed by atoms with Crippen molar-refractivity contribution in [1.82, 2.24) is 9.80 Å². The highest BCUT2D eigenvalue weighted by Gasteiger charge is 2.29. The summed E-state index contributed by atoms with van der Waals surface area (Å²) in [6, 6.07) is 6.89. The van der Waals surface area contributed by atoms with E-state index in [1.54, 1.807) is 41.3 Å². The number of rotatable bonds is 4. The molecule has 1 aliphatic carbocycles. The summed E-state index contributed by atoms with van der Waals surface area (Å²) in [7, 11) is 1.34. The maximum absolute atomic E-state index is 12.6. The van der Waals surface area contributed by atoms with E-state index < -0.39 is 0 Å². The van der Waals surface area contributed by atoms with Crippen LogP contribution in [0.25, 0.3) is 6.08 Å². The smallest absolute Gasteiger partial charge is 0.337 e. The number of amides is 2. The first kappa shape index (κ1) is 20.1. The van der Waals surface area contributed by atoms with Gasteiger partial charge in [0.05, 0.1) is 12.7 Å². The predicted octanol–water partition coefficient (Wildman–Crippen LogP) is 2.74. The first-order valence-electron chi connectivity index (χ1n) is 10.0. The van der Waals surface area contributed by atoms with Crippen molar-refractivity contribution < 1.29 is 19.1 Å². The van der Waals surface area contributed by atoms with Crippen molar-refractivity contribution in [3.8, 4) is 0 Å². The highest BCUT2D eigenvalue weighted by atomic mass is 16.5. The summed E-state index contributed by atoms with van der Waals surface area (Å²) in [6.45, 7) is 2.37. The number of methoxy groups -OCH3 is 1. The number of hydrogen-bond donors (Lipinski definition) is 0. The fourth-order valence-electron chi connectivity index (χ4n) is 3.88. The second kappa shape index (κ2) is 9.53. The van der Waals surface area contributed by atoms with Crippen LogP contribution in [0.5, 0.6) is 0 Å². The van der Waals surface area contributed by atoms with Crippen LogP contribution in [-0.2, 0) is 14.3 Å². The summed E-state index contributed by atoms with van der Waals surface area (Å²) in [5.74, 6) is 0.0194. The fourth-order valence-corrected chi connectivity index (χ4v) is 3.88. The van der Waals surface area contributed by atoms with Crippen LogP contribution in [-0.4, -0.2) is 60.9 Å². The van der Waals surface area contributed by atoms with E-state index in [-0.39, 0.29) is 23.7 Å². The molecule has 1 aromatic rings. The molecule has 150 valence electrons. The molecule has 1 heterocycles. The Morgan fingerprint density at radius 2 is 1.54 bits per heavy atom. The lowest BCUT2D eigenvalue weighted by atomic mass is 9.88. The number of esters is 1. The lowest BCUT2D eigenvalue weighted by molar-refractivity contribution is -0.141. The van der Waals surface area contributed by atoms with E-state index in [1.165, 1.54) is 13.5 Å². The zero-order valence-corrected chi connectivity index (χ0v) is 16.4. The molecule has 0 aromatic heterocycles. The Labute approximate surface area is 166 Å². The highest BCUT2D eigenvalue weighted by Crippen LogP contribution is 2.25. The molecule has 0 atom stereocenters. The van der Waals surface area contributed by atoms with Crippen molar-refractivity contribution in [2.24, 2.45) is 5.92 Å². The first-order chi connectivity index (χ1) is 13.6.